The topological polar surface area (TPSA) is 81.9 Å². The molecule has 1 atom stereocenters. The standard InChI is InChI=1S/C18H21N5OS/c1-11-16(10-19)18(21-13(3)20-11)25-12(2)17(24)22-14-6-8-15(9-7-14)23(4)5/h6-9,12H,1-5H3,(H,22,24)/t12-/m0/s1. The van der Waals surface area contributed by atoms with Gasteiger partial charge in [-0.15, -0.1) is 0 Å². The van der Waals surface area contributed by atoms with E-state index in [1.165, 1.54) is 11.8 Å². The molecule has 0 bridgehead atoms. The molecule has 0 saturated heterocycles. The number of hydrogen-bond acceptors (Lipinski definition) is 6. The lowest BCUT2D eigenvalue weighted by Gasteiger charge is -2.15. The maximum absolute atomic E-state index is 12.4. The third-order valence-corrected chi connectivity index (χ3v) is 4.68. The number of anilines is 2. The van der Waals surface area contributed by atoms with Crippen LogP contribution in [-0.2, 0) is 4.79 Å². The Morgan fingerprint density at radius 3 is 2.44 bits per heavy atom. The molecule has 0 aliphatic carbocycles. The number of aromatic nitrogens is 2. The number of rotatable bonds is 5. The van der Waals surface area contributed by atoms with Crippen molar-refractivity contribution in [1.29, 1.82) is 5.26 Å². The van der Waals surface area contributed by atoms with Crippen molar-refractivity contribution in [1.82, 2.24) is 9.97 Å². The molecule has 0 spiro atoms. The fraction of sp³-hybridized carbons (Fsp3) is 0.333. The molecule has 1 N–H and O–H groups in total. The van der Waals surface area contributed by atoms with Gasteiger partial charge in [0.1, 0.15) is 22.5 Å². The molecule has 25 heavy (non-hydrogen) atoms. The van der Waals surface area contributed by atoms with Gasteiger partial charge in [-0.05, 0) is 45.0 Å². The number of aryl methyl sites for hydroxylation is 2. The Morgan fingerprint density at radius 2 is 1.88 bits per heavy atom. The maximum Gasteiger partial charge on any atom is 0.237 e. The van der Waals surface area contributed by atoms with Crippen molar-refractivity contribution in [2.75, 3.05) is 24.3 Å². The summed E-state index contributed by atoms with van der Waals surface area (Å²) in [7, 11) is 3.93. The van der Waals surface area contributed by atoms with E-state index >= 15 is 0 Å². The molecule has 0 saturated carbocycles. The molecule has 0 radical (unpaired) electrons. The molecule has 1 aromatic heterocycles. The summed E-state index contributed by atoms with van der Waals surface area (Å²) in [6.45, 7) is 5.34. The number of carbonyl (C=O) groups is 1. The van der Waals surface area contributed by atoms with Crippen LogP contribution < -0.4 is 10.2 Å². The molecule has 0 fully saturated rings. The molecule has 0 aliphatic rings. The fourth-order valence-corrected chi connectivity index (χ4v) is 3.20. The number of hydrogen-bond donors (Lipinski definition) is 1. The fourth-order valence-electron chi connectivity index (χ4n) is 2.20. The van der Waals surface area contributed by atoms with Gasteiger partial charge in [-0.2, -0.15) is 5.26 Å². The summed E-state index contributed by atoms with van der Waals surface area (Å²) in [4.78, 5) is 22.9. The minimum Gasteiger partial charge on any atom is -0.378 e. The van der Waals surface area contributed by atoms with Crippen molar-refractivity contribution >= 4 is 29.0 Å². The number of amides is 1. The molecular weight excluding hydrogens is 334 g/mol. The summed E-state index contributed by atoms with van der Waals surface area (Å²) in [6, 6.07) is 9.74. The first-order valence-electron chi connectivity index (χ1n) is 7.82. The van der Waals surface area contributed by atoms with E-state index in [4.69, 9.17) is 0 Å². The summed E-state index contributed by atoms with van der Waals surface area (Å²) in [5.74, 6) is 0.450. The molecular formula is C18H21N5OS. The lowest BCUT2D eigenvalue weighted by atomic mass is 10.2. The largest absolute Gasteiger partial charge is 0.378 e. The molecule has 6 nitrogen and oxygen atoms in total. The van der Waals surface area contributed by atoms with E-state index in [9.17, 15) is 10.1 Å². The first kappa shape index (κ1) is 18.7. The third kappa shape index (κ3) is 4.70. The lowest BCUT2D eigenvalue weighted by molar-refractivity contribution is -0.115. The van der Waals surface area contributed by atoms with Crippen LogP contribution in [0.4, 0.5) is 11.4 Å². The Balaban J connectivity index is 2.09. The number of thioether (sulfide) groups is 1. The van der Waals surface area contributed by atoms with E-state index in [0.29, 0.717) is 22.1 Å². The van der Waals surface area contributed by atoms with Gasteiger partial charge < -0.3 is 10.2 Å². The minimum absolute atomic E-state index is 0.139. The van der Waals surface area contributed by atoms with E-state index in [2.05, 4.69) is 21.4 Å². The number of carbonyl (C=O) groups excluding carboxylic acids is 1. The zero-order valence-electron chi connectivity index (χ0n) is 15.0. The molecule has 7 heteroatoms. The van der Waals surface area contributed by atoms with Gasteiger partial charge in [-0.1, -0.05) is 11.8 Å². The van der Waals surface area contributed by atoms with E-state index in [1.54, 1.807) is 20.8 Å². The molecule has 0 aliphatic heterocycles. The Bertz CT molecular complexity index is 811. The predicted molar refractivity (Wildman–Crippen MR) is 101 cm³/mol. The van der Waals surface area contributed by atoms with Gasteiger partial charge in [0.05, 0.1) is 10.9 Å². The Hall–Kier alpha value is -2.59. The van der Waals surface area contributed by atoms with E-state index in [0.717, 1.165) is 11.4 Å². The van der Waals surface area contributed by atoms with Gasteiger partial charge in [0.25, 0.3) is 0 Å². The zero-order chi connectivity index (χ0) is 18.6. The van der Waals surface area contributed by atoms with Crippen LogP contribution in [0.1, 0.15) is 24.0 Å². The Labute approximate surface area is 152 Å². The van der Waals surface area contributed by atoms with Crippen molar-refractivity contribution in [2.24, 2.45) is 0 Å². The van der Waals surface area contributed by atoms with Crippen molar-refractivity contribution in [3.63, 3.8) is 0 Å². The van der Waals surface area contributed by atoms with Crippen molar-refractivity contribution < 1.29 is 4.79 Å². The maximum atomic E-state index is 12.4. The average molecular weight is 355 g/mol. The molecule has 1 amide bonds. The Kier molecular flexibility index (Phi) is 5.99. The van der Waals surface area contributed by atoms with Crippen molar-refractivity contribution in [3.05, 3.63) is 41.3 Å². The van der Waals surface area contributed by atoms with Crippen LogP contribution in [0.3, 0.4) is 0 Å². The predicted octanol–water partition coefficient (Wildman–Crippen LogP) is 3.15. The van der Waals surface area contributed by atoms with E-state index in [-0.39, 0.29) is 5.91 Å². The van der Waals surface area contributed by atoms with Crippen LogP contribution in [0, 0.1) is 25.2 Å². The molecule has 0 unspecified atom stereocenters. The molecule has 2 aromatic rings. The molecule has 1 heterocycles. The van der Waals surface area contributed by atoms with Gasteiger partial charge in [-0.25, -0.2) is 9.97 Å². The first-order valence-corrected chi connectivity index (χ1v) is 8.70. The second kappa shape index (κ2) is 7.99. The quantitative estimate of drug-likeness (QED) is 0.655. The van der Waals surface area contributed by atoms with Crippen LogP contribution >= 0.6 is 11.8 Å². The summed E-state index contributed by atoms with van der Waals surface area (Å²) >= 11 is 1.26. The summed E-state index contributed by atoms with van der Waals surface area (Å²) in [5.41, 5.74) is 2.85. The number of benzene rings is 1. The smallest absolute Gasteiger partial charge is 0.237 e. The average Bonchev–Trinajstić information content (AvgIpc) is 2.54. The van der Waals surface area contributed by atoms with Gasteiger partial charge >= 0.3 is 0 Å². The summed E-state index contributed by atoms with van der Waals surface area (Å²) in [5, 5.41) is 12.3. The number of nitrogens with zero attached hydrogens (tertiary/aromatic N) is 4. The van der Waals surface area contributed by atoms with E-state index < -0.39 is 5.25 Å². The van der Waals surface area contributed by atoms with Crippen LogP contribution in [0.25, 0.3) is 0 Å². The second-order valence-corrected chi connectivity index (χ2v) is 7.17. The minimum atomic E-state index is -0.394. The molecule has 1 aromatic carbocycles. The molecule has 130 valence electrons. The van der Waals surface area contributed by atoms with Crippen LogP contribution in [0.2, 0.25) is 0 Å². The van der Waals surface area contributed by atoms with Gasteiger partial charge in [0.2, 0.25) is 5.91 Å². The van der Waals surface area contributed by atoms with Crippen LogP contribution in [0.5, 0.6) is 0 Å². The van der Waals surface area contributed by atoms with E-state index in [1.807, 2.05) is 43.3 Å². The van der Waals surface area contributed by atoms with Crippen LogP contribution in [0.15, 0.2) is 29.3 Å². The monoisotopic (exact) mass is 355 g/mol. The highest BCUT2D eigenvalue weighted by Crippen LogP contribution is 2.27. The van der Waals surface area contributed by atoms with Crippen molar-refractivity contribution in [2.45, 2.75) is 31.0 Å². The number of nitrogens with one attached hydrogen (secondary N) is 1. The molecule has 2 rings (SSSR count). The van der Waals surface area contributed by atoms with Gasteiger partial charge in [0.15, 0.2) is 0 Å². The summed E-state index contributed by atoms with van der Waals surface area (Å²) in [6.07, 6.45) is 0. The SMILES string of the molecule is Cc1nc(C)c(C#N)c(S[C@@H](C)C(=O)Nc2ccc(N(C)C)cc2)n1. The first-order chi connectivity index (χ1) is 11.8. The third-order valence-electron chi connectivity index (χ3n) is 3.59. The van der Waals surface area contributed by atoms with Crippen molar-refractivity contribution in [3.8, 4) is 6.07 Å². The highest BCUT2D eigenvalue weighted by molar-refractivity contribution is 8.00. The normalized spacial score (nSPS) is 11.5. The highest BCUT2D eigenvalue weighted by atomic mass is 32.2. The highest BCUT2D eigenvalue weighted by Gasteiger charge is 2.19. The van der Waals surface area contributed by atoms with Gasteiger partial charge in [-0.3, -0.25) is 4.79 Å². The zero-order valence-corrected chi connectivity index (χ0v) is 15.8. The second-order valence-electron chi connectivity index (χ2n) is 5.84. The van der Waals surface area contributed by atoms with Gasteiger partial charge in [0, 0.05) is 25.5 Å². The summed E-state index contributed by atoms with van der Waals surface area (Å²) < 4.78 is 0. The lowest BCUT2D eigenvalue weighted by Crippen LogP contribution is -2.23. The Morgan fingerprint density at radius 1 is 1.24 bits per heavy atom. The van der Waals surface area contributed by atoms with Crippen LogP contribution in [-0.4, -0.2) is 35.2 Å². The number of nitriles is 1.